The van der Waals surface area contributed by atoms with Gasteiger partial charge < -0.3 is 24.5 Å². The molecule has 0 saturated heterocycles. The Morgan fingerprint density at radius 3 is 2.71 bits per heavy atom. The van der Waals surface area contributed by atoms with Crippen molar-refractivity contribution >= 4 is 12.0 Å². The molecule has 2 amide bonds. The van der Waals surface area contributed by atoms with Crippen molar-refractivity contribution in [1.82, 2.24) is 15.5 Å². The van der Waals surface area contributed by atoms with Gasteiger partial charge in [-0.25, -0.2) is 9.59 Å². The first kappa shape index (κ1) is 22.4. The van der Waals surface area contributed by atoms with Crippen molar-refractivity contribution in [1.29, 1.82) is 0 Å². The van der Waals surface area contributed by atoms with Crippen molar-refractivity contribution < 1.29 is 23.5 Å². The topological polar surface area (TPSA) is 93.0 Å². The number of likely N-dealkylation sites (N-methyl/N-ethyl adjacent to an activating group) is 1. The fourth-order valence-corrected chi connectivity index (χ4v) is 3.70. The molecule has 0 saturated carbocycles. The minimum Gasteiger partial charge on any atom is -0.497 e. The predicted octanol–water partition coefficient (Wildman–Crippen LogP) is 3.54. The van der Waals surface area contributed by atoms with Gasteiger partial charge >= 0.3 is 12.0 Å². The van der Waals surface area contributed by atoms with Crippen LogP contribution >= 0.6 is 0 Å². The van der Waals surface area contributed by atoms with E-state index >= 15 is 0 Å². The molecule has 1 aliphatic heterocycles. The minimum absolute atomic E-state index is 0.0184. The number of carbonyl (C=O) groups is 2. The molecule has 0 radical (unpaired) electrons. The summed E-state index contributed by atoms with van der Waals surface area (Å²) in [4.78, 5) is 27.4. The molecule has 0 bridgehead atoms. The summed E-state index contributed by atoms with van der Waals surface area (Å²) < 4.78 is 16.1. The number of hydrogen-bond donors (Lipinski definition) is 2. The zero-order valence-electron chi connectivity index (χ0n) is 18.3. The van der Waals surface area contributed by atoms with Crippen LogP contribution in [0.2, 0.25) is 0 Å². The fraction of sp³-hybridized carbons (Fsp3) is 0.391. The second-order valence-corrected chi connectivity index (χ2v) is 7.18. The molecule has 1 aromatic carbocycles. The SMILES string of the molecule is CCOC(=O)C1=C(CN(CC)C(C)c2cccc(OC)c2)NC(=O)NC1c1ccco1. The molecule has 8 nitrogen and oxygen atoms in total. The molecule has 1 aromatic heterocycles. The number of benzene rings is 1. The Bertz CT molecular complexity index is 938. The summed E-state index contributed by atoms with van der Waals surface area (Å²) in [7, 11) is 1.64. The number of ether oxygens (including phenoxy) is 2. The highest BCUT2D eigenvalue weighted by molar-refractivity contribution is 5.95. The van der Waals surface area contributed by atoms with Gasteiger partial charge in [-0.05, 0) is 50.2 Å². The van der Waals surface area contributed by atoms with Crippen molar-refractivity contribution in [2.75, 3.05) is 26.8 Å². The average Bonchev–Trinajstić information content (AvgIpc) is 3.31. The summed E-state index contributed by atoms with van der Waals surface area (Å²) in [6.45, 7) is 7.15. The van der Waals surface area contributed by atoms with Crippen molar-refractivity contribution in [3.63, 3.8) is 0 Å². The van der Waals surface area contributed by atoms with Crippen molar-refractivity contribution in [2.24, 2.45) is 0 Å². The van der Waals surface area contributed by atoms with Gasteiger partial charge in [0.25, 0.3) is 0 Å². The van der Waals surface area contributed by atoms with E-state index in [0.717, 1.165) is 11.3 Å². The van der Waals surface area contributed by atoms with Crippen LogP contribution in [0.1, 0.15) is 44.2 Å². The van der Waals surface area contributed by atoms with E-state index in [1.54, 1.807) is 26.2 Å². The van der Waals surface area contributed by atoms with E-state index in [1.807, 2.05) is 31.2 Å². The number of rotatable bonds is 9. The summed E-state index contributed by atoms with van der Waals surface area (Å²) in [6, 6.07) is 10.2. The number of methoxy groups -OCH3 is 1. The number of furan rings is 1. The molecular formula is C23H29N3O5. The van der Waals surface area contributed by atoms with E-state index in [-0.39, 0.29) is 12.6 Å². The summed E-state index contributed by atoms with van der Waals surface area (Å²) in [5, 5.41) is 5.58. The number of urea groups is 1. The van der Waals surface area contributed by atoms with Gasteiger partial charge in [0.1, 0.15) is 17.6 Å². The van der Waals surface area contributed by atoms with Gasteiger partial charge in [-0.3, -0.25) is 4.90 Å². The normalized spacial score (nSPS) is 17.2. The molecule has 2 N–H and O–H groups in total. The standard InChI is InChI=1S/C23H29N3O5/c1-5-26(15(3)16-9-7-10-17(13-16)29-4)14-18-20(22(27)30-6-2)21(25-23(28)24-18)19-11-8-12-31-19/h7-13,15,21H,5-6,14H2,1-4H3,(H2,24,25,28). The van der Waals surface area contributed by atoms with Gasteiger partial charge in [0.05, 0.1) is 25.6 Å². The molecule has 0 fully saturated rings. The number of hydrogen-bond acceptors (Lipinski definition) is 6. The van der Waals surface area contributed by atoms with E-state index in [2.05, 4.69) is 22.5 Å². The molecular weight excluding hydrogens is 398 g/mol. The highest BCUT2D eigenvalue weighted by atomic mass is 16.5. The summed E-state index contributed by atoms with van der Waals surface area (Å²) in [5.74, 6) is 0.760. The van der Waals surface area contributed by atoms with Crippen LogP contribution < -0.4 is 15.4 Å². The van der Waals surface area contributed by atoms with Crippen LogP contribution in [0.25, 0.3) is 0 Å². The van der Waals surface area contributed by atoms with Gasteiger partial charge in [0.2, 0.25) is 0 Å². The first-order chi connectivity index (χ1) is 15.0. The predicted molar refractivity (Wildman–Crippen MR) is 115 cm³/mol. The molecule has 0 aliphatic carbocycles. The lowest BCUT2D eigenvalue weighted by molar-refractivity contribution is -0.139. The molecule has 2 unspecified atom stereocenters. The number of nitrogens with zero attached hydrogens (tertiary/aromatic N) is 1. The van der Waals surface area contributed by atoms with Crippen molar-refractivity contribution in [3.8, 4) is 5.75 Å². The van der Waals surface area contributed by atoms with Crippen LogP contribution in [0.15, 0.2) is 58.3 Å². The van der Waals surface area contributed by atoms with Crippen LogP contribution in [0.3, 0.4) is 0 Å². The van der Waals surface area contributed by atoms with Crippen LogP contribution in [-0.2, 0) is 9.53 Å². The maximum Gasteiger partial charge on any atom is 0.338 e. The Morgan fingerprint density at radius 1 is 1.26 bits per heavy atom. The Morgan fingerprint density at radius 2 is 2.06 bits per heavy atom. The van der Waals surface area contributed by atoms with E-state index < -0.39 is 18.0 Å². The zero-order valence-corrected chi connectivity index (χ0v) is 18.3. The molecule has 2 atom stereocenters. The highest BCUT2D eigenvalue weighted by Gasteiger charge is 2.36. The van der Waals surface area contributed by atoms with Gasteiger partial charge in [-0.15, -0.1) is 0 Å². The van der Waals surface area contributed by atoms with Crippen LogP contribution in [0.4, 0.5) is 4.79 Å². The Hall–Kier alpha value is -3.26. The number of esters is 1. The van der Waals surface area contributed by atoms with Crippen LogP contribution in [0, 0.1) is 0 Å². The lowest BCUT2D eigenvalue weighted by Gasteiger charge is -2.33. The number of amides is 2. The zero-order chi connectivity index (χ0) is 22.4. The Balaban J connectivity index is 1.97. The first-order valence-corrected chi connectivity index (χ1v) is 10.4. The summed E-state index contributed by atoms with van der Waals surface area (Å²) in [6.07, 6.45) is 1.51. The largest absolute Gasteiger partial charge is 0.497 e. The highest BCUT2D eigenvalue weighted by Crippen LogP contribution is 2.30. The first-order valence-electron chi connectivity index (χ1n) is 10.4. The Kier molecular flexibility index (Phi) is 7.36. The molecule has 31 heavy (non-hydrogen) atoms. The molecule has 166 valence electrons. The fourth-order valence-electron chi connectivity index (χ4n) is 3.70. The van der Waals surface area contributed by atoms with E-state index in [9.17, 15) is 9.59 Å². The molecule has 2 heterocycles. The number of carbonyl (C=O) groups excluding carboxylic acids is 2. The molecule has 3 rings (SSSR count). The smallest absolute Gasteiger partial charge is 0.338 e. The third kappa shape index (κ3) is 5.08. The average molecular weight is 428 g/mol. The molecule has 1 aliphatic rings. The molecule has 0 spiro atoms. The van der Waals surface area contributed by atoms with E-state index in [1.165, 1.54) is 6.26 Å². The van der Waals surface area contributed by atoms with Crippen molar-refractivity contribution in [2.45, 2.75) is 32.9 Å². The van der Waals surface area contributed by atoms with Gasteiger partial charge in [0.15, 0.2) is 0 Å². The lowest BCUT2D eigenvalue weighted by atomic mass is 9.99. The third-order valence-electron chi connectivity index (χ3n) is 5.37. The Labute approximate surface area is 182 Å². The molecule has 8 heteroatoms. The summed E-state index contributed by atoms with van der Waals surface area (Å²) in [5.41, 5.74) is 1.91. The quantitative estimate of drug-likeness (QED) is 0.595. The molecule has 2 aromatic rings. The van der Waals surface area contributed by atoms with Gasteiger partial charge in [-0.2, -0.15) is 0 Å². The second kappa shape index (κ2) is 10.2. The van der Waals surface area contributed by atoms with Crippen LogP contribution in [-0.4, -0.2) is 43.7 Å². The maximum absolute atomic E-state index is 12.9. The monoisotopic (exact) mass is 427 g/mol. The summed E-state index contributed by atoms with van der Waals surface area (Å²) >= 11 is 0. The minimum atomic E-state index is -0.719. The van der Waals surface area contributed by atoms with E-state index in [4.69, 9.17) is 13.9 Å². The third-order valence-corrected chi connectivity index (χ3v) is 5.37. The van der Waals surface area contributed by atoms with Crippen LogP contribution in [0.5, 0.6) is 5.75 Å². The second-order valence-electron chi connectivity index (χ2n) is 7.18. The maximum atomic E-state index is 12.9. The lowest BCUT2D eigenvalue weighted by Crippen LogP contribution is -2.48. The van der Waals surface area contributed by atoms with Gasteiger partial charge in [0, 0.05) is 18.3 Å². The van der Waals surface area contributed by atoms with Gasteiger partial charge in [-0.1, -0.05) is 19.1 Å². The number of nitrogens with one attached hydrogen (secondary N) is 2. The van der Waals surface area contributed by atoms with E-state index in [0.29, 0.717) is 30.1 Å². The van der Waals surface area contributed by atoms with Crippen molar-refractivity contribution in [3.05, 3.63) is 65.3 Å².